The molecule has 9 nitrogen and oxygen atoms in total. The smallest absolute Gasteiger partial charge is 0.263 e. The van der Waals surface area contributed by atoms with Gasteiger partial charge in [0.1, 0.15) is 0 Å². The lowest BCUT2D eigenvalue weighted by Gasteiger charge is -2.27. The van der Waals surface area contributed by atoms with Crippen LogP contribution in [0.4, 0.5) is 11.8 Å². The molecule has 0 aliphatic heterocycles. The number of halogens is 2. The highest BCUT2D eigenvalue weighted by Crippen LogP contribution is 2.34. The minimum atomic E-state index is -3.85. The monoisotopic (exact) mass is 569 g/mol. The van der Waals surface area contributed by atoms with Crippen molar-refractivity contribution in [1.29, 1.82) is 0 Å². The van der Waals surface area contributed by atoms with Crippen LogP contribution in [-0.2, 0) is 10.0 Å². The quantitative estimate of drug-likeness (QED) is 0.348. The molecule has 2 heterocycles. The minimum absolute atomic E-state index is 0. The van der Waals surface area contributed by atoms with Crippen molar-refractivity contribution in [2.75, 3.05) is 10.0 Å². The summed E-state index contributed by atoms with van der Waals surface area (Å²) in [4.78, 5) is 14.1. The Kier molecular flexibility index (Phi) is 9.66. The second-order valence-electron chi connectivity index (χ2n) is 10.2. The number of anilines is 2. The molecule has 0 spiro atoms. The first kappa shape index (κ1) is 29.4. The van der Waals surface area contributed by atoms with E-state index in [2.05, 4.69) is 38.4 Å². The second-order valence-corrected chi connectivity index (χ2v) is 11.9. The molecule has 2 aliphatic carbocycles. The van der Waals surface area contributed by atoms with Gasteiger partial charge < -0.3 is 15.6 Å². The first-order chi connectivity index (χ1) is 16.8. The lowest BCUT2D eigenvalue weighted by molar-refractivity contribution is 0.410. The summed E-state index contributed by atoms with van der Waals surface area (Å²) in [6, 6.07) is 7.75. The average molecular weight is 571 g/mol. The summed E-state index contributed by atoms with van der Waals surface area (Å²) in [6.07, 6.45) is 10.0. The van der Waals surface area contributed by atoms with Gasteiger partial charge in [-0.05, 0) is 62.1 Å². The summed E-state index contributed by atoms with van der Waals surface area (Å²) < 4.78 is 31.4. The third-order valence-electron chi connectivity index (χ3n) is 7.33. The van der Waals surface area contributed by atoms with Gasteiger partial charge in [-0.1, -0.05) is 38.8 Å². The molecule has 2 saturated carbocycles. The predicted octanol–water partition coefficient (Wildman–Crippen LogP) is 5.39. The zero-order valence-electron chi connectivity index (χ0n) is 21.3. The third-order valence-corrected chi connectivity index (χ3v) is 8.69. The lowest BCUT2D eigenvalue weighted by Crippen LogP contribution is -2.33. The highest BCUT2D eigenvalue weighted by Gasteiger charge is 2.26. The summed E-state index contributed by atoms with van der Waals surface area (Å²) in [5, 5.41) is 3.43. The van der Waals surface area contributed by atoms with Gasteiger partial charge >= 0.3 is 0 Å². The number of rotatable bonds is 7. The van der Waals surface area contributed by atoms with Gasteiger partial charge in [0.15, 0.2) is 17.0 Å². The molecule has 2 aliphatic rings. The number of fused-ring (bicyclic) bond motifs is 1. The van der Waals surface area contributed by atoms with Crippen LogP contribution in [0.2, 0.25) is 0 Å². The van der Waals surface area contributed by atoms with Crippen LogP contribution in [0, 0.1) is 0 Å². The van der Waals surface area contributed by atoms with Gasteiger partial charge in [0.25, 0.3) is 10.0 Å². The maximum Gasteiger partial charge on any atom is 0.263 e. The van der Waals surface area contributed by atoms with Crippen LogP contribution in [0.15, 0.2) is 35.5 Å². The van der Waals surface area contributed by atoms with E-state index < -0.39 is 10.0 Å². The van der Waals surface area contributed by atoms with E-state index in [0.29, 0.717) is 29.1 Å². The third kappa shape index (κ3) is 6.47. The predicted molar refractivity (Wildman–Crippen MR) is 153 cm³/mol. The van der Waals surface area contributed by atoms with Crippen LogP contribution in [-0.4, -0.2) is 40.0 Å². The summed E-state index contributed by atoms with van der Waals surface area (Å²) in [5.41, 5.74) is 8.28. The molecule has 37 heavy (non-hydrogen) atoms. The molecule has 0 radical (unpaired) electrons. The van der Waals surface area contributed by atoms with Gasteiger partial charge in [0.05, 0.1) is 11.2 Å². The second kappa shape index (κ2) is 12.1. The molecule has 0 saturated heterocycles. The van der Waals surface area contributed by atoms with E-state index in [0.717, 1.165) is 44.1 Å². The molecule has 2 fully saturated rings. The van der Waals surface area contributed by atoms with Crippen LogP contribution in [0.5, 0.6) is 0 Å². The fraction of sp³-hybridized carbons (Fsp3) is 0.560. The van der Waals surface area contributed by atoms with E-state index in [1.807, 2.05) is 12.1 Å². The number of benzene rings is 1. The Morgan fingerprint density at radius 1 is 0.973 bits per heavy atom. The van der Waals surface area contributed by atoms with E-state index >= 15 is 0 Å². The minimum Gasteiger partial charge on any atom is -0.351 e. The molecule has 0 bridgehead atoms. The van der Waals surface area contributed by atoms with Gasteiger partial charge in [-0.2, -0.15) is 9.97 Å². The van der Waals surface area contributed by atoms with Crippen LogP contribution in [0.25, 0.3) is 11.2 Å². The van der Waals surface area contributed by atoms with Crippen LogP contribution < -0.4 is 15.8 Å². The topological polar surface area (TPSA) is 128 Å². The van der Waals surface area contributed by atoms with Gasteiger partial charge in [-0.3, -0.25) is 4.72 Å². The summed E-state index contributed by atoms with van der Waals surface area (Å²) in [5.74, 6) is 0.948. The fourth-order valence-corrected chi connectivity index (χ4v) is 6.18. The lowest BCUT2D eigenvalue weighted by atomic mass is 9.92. The van der Waals surface area contributed by atoms with Gasteiger partial charge in [-0.25, -0.2) is 13.4 Å². The first-order valence-electron chi connectivity index (χ1n) is 12.7. The number of aromatic nitrogens is 4. The van der Waals surface area contributed by atoms with Crippen molar-refractivity contribution in [2.24, 2.45) is 5.73 Å². The number of hydrogen-bond acceptors (Lipinski definition) is 7. The molecular formula is C25H37Cl2N7O2S. The number of sulfonamides is 1. The fourth-order valence-electron chi connectivity index (χ4n) is 5.17. The van der Waals surface area contributed by atoms with Crippen molar-refractivity contribution in [3.8, 4) is 0 Å². The normalized spacial score (nSPS) is 20.4. The summed E-state index contributed by atoms with van der Waals surface area (Å²) >= 11 is 0. The molecule has 5 rings (SSSR count). The average Bonchev–Trinajstić information content (AvgIpc) is 3.50. The van der Waals surface area contributed by atoms with Crippen molar-refractivity contribution < 1.29 is 8.42 Å². The summed E-state index contributed by atoms with van der Waals surface area (Å²) in [7, 11) is -3.85. The number of nitrogens with two attached hydrogens (primary N) is 1. The van der Waals surface area contributed by atoms with Crippen LogP contribution in [0.1, 0.15) is 82.7 Å². The van der Waals surface area contributed by atoms with Crippen molar-refractivity contribution in [1.82, 2.24) is 19.5 Å². The molecular weight excluding hydrogens is 533 g/mol. The number of nitrogens with zero attached hydrogens (tertiary/aromatic N) is 4. The molecule has 4 N–H and O–H groups in total. The van der Waals surface area contributed by atoms with E-state index in [1.165, 1.54) is 12.8 Å². The highest BCUT2D eigenvalue weighted by atomic mass is 35.5. The Labute approximate surface area is 231 Å². The molecule has 0 atom stereocenters. The number of imidazole rings is 1. The Hall–Kier alpha value is -2.14. The zero-order chi connectivity index (χ0) is 24.6. The Bertz CT molecular complexity index is 1280. The van der Waals surface area contributed by atoms with Gasteiger partial charge in [0.2, 0.25) is 5.95 Å². The largest absolute Gasteiger partial charge is 0.351 e. The first-order valence-corrected chi connectivity index (χ1v) is 14.2. The Balaban J connectivity index is 0.00000190. The molecule has 12 heteroatoms. The number of hydrogen-bond donors (Lipinski definition) is 3. The van der Waals surface area contributed by atoms with Gasteiger partial charge in [-0.15, -0.1) is 24.8 Å². The molecule has 1 aromatic carbocycles. The highest BCUT2D eigenvalue weighted by molar-refractivity contribution is 7.92. The van der Waals surface area contributed by atoms with E-state index in [-0.39, 0.29) is 47.6 Å². The SMILES string of the molecule is CC(C)c1ccc(S(=O)(=O)Nc2nc(NC3CCC(N)CC3)nc3c2ncn3C2CCCC2)cc1.Cl.Cl. The maximum absolute atomic E-state index is 13.3. The van der Waals surface area contributed by atoms with Gasteiger partial charge in [0, 0.05) is 18.1 Å². The standard InChI is InChI=1S/C25H35N7O2S.2ClH/c1-16(2)17-7-13-21(14-8-17)35(33,34)31-23-22-24(32(15-27-22)20-5-3-4-6-20)30-25(29-23)28-19-11-9-18(26)10-12-19;;/h7-8,13-16,18-20H,3-6,9-12,26H2,1-2H3,(H2,28,29,30,31);2*1H. The molecule has 3 aromatic rings. The van der Waals surface area contributed by atoms with Crippen molar-refractivity contribution >= 4 is 57.8 Å². The molecule has 0 amide bonds. The molecule has 0 unspecified atom stereocenters. The Morgan fingerprint density at radius 2 is 1.62 bits per heavy atom. The van der Waals surface area contributed by atoms with E-state index in [9.17, 15) is 8.42 Å². The summed E-state index contributed by atoms with van der Waals surface area (Å²) in [6.45, 7) is 4.16. The van der Waals surface area contributed by atoms with E-state index in [1.54, 1.807) is 18.5 Å². The van der Waals surface area contributed by atoms with Crippen LogP contribution >= 0.6 is 24.8 Å². The molecule has 2 aromatic heterocycles. The zero-order valence-corrected chi connectivity index (χ0v) is 23.7. The molecule has 204 valence electrons. The van der Waals surface area contributed by atoms with Crippen molar-refractivity contribution in [2.45, 2.75) is 94.2 Å². The van der Waals surface area contributed by atoms with E-state index in [4.69, 9.17) is 10.7 Å². The van der Waals surface area contributed by atoms with Crippen molar-refractivity contribution in [3.05, 3.63) is 36.2 Å². The Morgan fingerprint density at radius 3 is 2.24 bits per heavy atom. The van der Waals surface area contributed by atoms with Crippen molar-refractivity contribution in [3.63, 3.8) is 0 Å². The number of nitrogens with one attached hydrogen (secondary N) is 2. The van der Waals surface area contributed by atoms with Crippen LogP contribution in [0.3, 0.4) is 0 Å². The maximum atomic E-state index is 13.3.